The summed E-state index contributed by atoms with van der Waals surface area (Å²) in [6.07, 6.45) is 0. The lowest BCUT2D eigenvalue weighted by molar-refractivity contribution is -0.139. The minimum Gasteiger partial charge on any atom is -0.497 e. The van der Waals surface area contributed by atoms with Gasteiger partial charge in [0, 0.05) is 5.56 Å². The summed E-state index contributed by atoms with van der Waals surface area (Å²) in [5.41, 5.74) is 7.24. The van der Waals surface area contributed by atoms with Gasteiger partial charge in [-0.05, 0) is 24.6 Å². The SMILES string of the molecule is COC(=O)[C@H](C)Sc1nc(N)c(C#N)c(-c2ccc(OC)cc2)c1C#N. The van der Waals surface area contributed by atoms with Crippen LogP contribution in [-0.2, 0) is 9.53 Å². The molecule has 0 aliphatic rings. The van der Waals surface area contributed by atoms with Crippen LogP contribution in [0.3, 0.4) is 0 Å². The van der Waals surface area contributed by atoms with Gasteiger partial charge in [0.15, 0.2) is 0 Å². The van der Waals surface area contributed by atoms with Gasteiger partial charge in [-0.3, -0.25) is 4.79 Å². The second-order valence-corrected chi connectivity index (χ2v) is 6.49. The lowest BCUT2D eigenvalue weighted by Crippen LogP contribution is -2.15. The predicted octanol–water partition coefficient (Wildman–Crippen LogP) is 2.74. The van der Waals surface area contributed by atoms with Crippen molar-refractivity contribution in [3.8, 4) is 29.0 Å². The fourth-order valence-electron chi connectivity index (χ4n) is 2.31. The van der Waals surface area contributed by atoms with Crippen LogP contribution in [0.4, 0.5) is 5.82 Å². The number of nitriles is 2. The van der Waals surface area contributed by atoms with Crippen LogP contribution in [0.5, 0.6) is 5.75 Å². The fourth-order valence-corrected chi connectivity index (χ4v) is 3.26. The second-order valence-electron chi connectivity index (χ2n) is 5.16. The van der Waals surface area contributed by atoms with Gasteiger partial charge in [0.05, 0.1) is 19.8 Å². The van der Waals surface area contributed by atoms with Crippen molar-refractivity contribution in [2.75, 3.05) is 20.0 Å². The van der Waals surface area contributed by atoms with Crippen molar-refractivity contribution >= 4 is 23.5 Å². The zero-order valence-corrected chi connectivity index (χ0v) is 15.3. The molecule has 132 valence electrons. The first-order valence-electron chi connectivity index (χ1n) is 7.49. The van der Waals surface area contributed by atoms with E-state index in [4.69, 9.17) is 15.2 Å². The Morgan fingerprint density at radius 2 is 1.81 bits per heavy atom. The number of hydrogen-bond donors (Lipinski definition) is 1. The molecule has 2 N–H and O–H groups in total. The zero-order chi connectivity index (χ0) is 19.3. The van der Waals surface area contributed by atoms with E-state index in [-0.39, 0.29) is 22.0 Å². The summed E-state index contributed by atoms with van der Waals surface area (Å²) in [6.45, 7) is 1.64. The van der Waals surface area contributed by atoms with Gasteiger partial charge in [-0.2, -0.15) is 10.5 Å². The molecule has 8 heteroatoms. The highest BCUT2D eigenvalue weighted by molar-refractivity contribution is 8.00. The summed E-state index contributed by atoms with van der Waals surface area (Å²) < 4.78 is 9.84. The molecule has 0 saturated heterocycles. The molecule has 1 aromatic carbocycles. The second kappa shape index (κ2) is 8.24. The van der Waals surface area contributed by atoms with Gasteiger partial charge < -0.3 is 15.2 Å². The molecule has 2 rings (SSSR count). The van der Waals surface area contributed by atoms with E-state index < -0.39 is 11.2 Å². The minimum absolute atomic E-state index is 0.00289. The normalized spacial score (nSPS) is 11.1. The molecule has 2 aromatic rings. The summed E-state index contributed by atoms with van der Waals surface area (Å²) in [6, 6.07) is 11.0. The van der Waals surface area contributed by atoms with Gasteiger partial charge >= 0.3 is 5.97 Å². The van der Waals surface area contributed by atoms with Crippen LogP contribution in [0, 0.1) is 22.7 Å². The quantitative estimate of drug-likeness (QED) is 0.631. The molecule has 0 unspecified atom stereocenters. The standard InChI is InChI=1S/C18H16N4O3S/c1-10(18(23)25-3)26-17-14(9-20)15(13(8-19)16(21)22-17)11-4-6-12(24-2)7-5-11/h4-7,10H,1-3H3,(H2,21,22)/t10-/m0/s1. The summed E-state index contributed by atoms with van der Waals surface area (Å²) >= 11 is 1.06. The molecule has 0 radical (unpaired) electrons. The Labute approximate surface area is 155 Å². The number of methoxy groups -OCH3 is 2. The highest BCUT2D eigenvalue weighted by Crippen LogP contribution is 2.37. The van der Waals surface area contributed by atoms with Crippen LogP contribution in [0.25, 0.3) is 11.1 Å². The van der Waals surface area contributed by atoms with Crippen molar-refractivity contribution in [3.63, 3.8) is 0 Å². The van der Waals surface area contributed by atoms with Gasteiger partial charge in [0.25, 0.3) is 0 Å². The highest BCUT2D eigenvalue weighted by atomic mass is 32.2. The molecule has 0 bridgehead atoms. The van der Waals surface area contributed by atoms with Crippen molar-refractivity contribution in [1.82, 2.24) is 4.98 Å². The molecule has 26 heavy (non-hydrogen) atoms. The topological polar surface area (TPSA) is 122 Å². The Balaban J connectivity index is 2.67. The first kappa shape index (κ1) is 19.1. The van der Waals surface area contributed by atoms with Crippen LogP contribution in [0.2, 0.25) is 0 Å². The number of nitrogens with zero attached hydrogens (tertiary/aromatic N) is 3. The molecule has 1 aromatic heterocycles. The average Bonchev–Trinajstić information content (AvgIpc) is 2.66. The van der Waals surface area contributed by atoms with E-state index in [1.165, 1.54) is 7.11 Å². The molecular formula is C18H16N4O3S. The number of carbonyl (C=O) groups is 1. The molecule has 0 aliphatic heterocycles. The van der Waals surface area contributed by atoms with Crippen LogP contribution >= 0.6 is 11.8 Å². The maximum absolute atomic E-state index is 11.7. The third-order valence-electron chi connectivity index (χ3n) is 3.62. The summed E-state index contributed by atoms with van der Waals surface area (Å²) in [4.78, 5) is 15.9. The summed E-state index contributed by atoms with van der Waals surface area (Å²) in [7, 11) is 2.83. The summed E-state index contributed by atoms with van der Waals surface area (Å²) in [5, 5.41) is 18.9. The van der Waals surface area contributed by atoms with E-state index in [0.29, 0.717) is 16.9 Å². The Morgan fingerprint density at radius 1 is 1.19 bits per heavy atom. The van der Waals surface area contributed by atoms with E-state index >= 15 is 0 Å². The number of aromatic nitrogens is 1. The van der Waals surface area contributed by atoms with Crippen LogP contribution in [-0.4, -0.2) is 30.4 Å². The van der Waals surface area contributed by atoms with E-state index in [1.54, 1.807) is 38.3 Å². The number of thioether (sulfide) groups is 1. The number of nitrogens with two attached hydrogens (primary N) is 1. The molecule has 0 amide bonds. The number of ether oxygens (including phenoxy) is 2. The van der Waals surface area contributed by atoms with Crippen molar-refractivity contribution in [2.45, 2.75) is 17.2 Å². The number of rotatable bonds is 5. The Bertz CT molecular complexity index is 914. The number of pyridine rings is 1. The monoisotopic (exact) mass is 368 g/mol. The highest BCUT2D eigenvalue weighted by Gasteiger charge is 2.24. The number of anilines is 1. The van der Waals surface area contributed by atoms with Gasteiger partial charge in [-0.25, -0.2) is 4.98 Å². The first-order valence-corrected chi connectivity index (χ1v) is 8.37. The zero-order valence-electron chi connectivity index (χ0n) is 14.4. The number of hydrogen-bond acceptors (Lipinski definition) is 8. The van der Waals surface area contributed by atoms with E-state index in [9.17, 15) is 15.3 Å². The number of benzene rings is 1. The van der Waals surface area contributed by atoms with Crippen molar-refractivity contribution in [3.05, 3.63) is 35.4 Å². The van der Waals surface area contributed by atoms with Crippen molar-refractivity contribution in [2.24, 2.45) is 0 Å². The third kappa shape index (κ3) is 3.71. The van der Waals surface area contributed by atoms with E-state index in [0.717, 1.165) is 11.8 Å². The van der Waals surface area contributed by atoms with Crippen LogP contribution in [0.15, 0.2) is 29.3 Å². The molecule has 1 atom stereocenters. The third-order valence-corrected chi connectivity index (χ3v) is 4.68. The predicted molar refractivity (Wildman–Crippen MR) is 97.4 cm³/mol. The molecular weight excluding hydrogens is 352 g/mol. The molecule has 1 heterocycles. The Morgan fingerprint density at radius 3 is 2.31 bits per heavy atom. The van der Waals surface area contributed by atoms with Crippen LogP contribution in [0.1, 0.15) is 18.1 Å². The number of nitrogen functional groups attached to an aromatic ring is 1. The molecule has 0 fully saturated rings. The Hall–Kier alpha value is -3.23. The van der Waals surface area contributed by atoms with Gasteiger partial charge in [-0.1, -0.05) is 23.9 Å². The average molecular weight is 368 g/mol. The van der Waals surface area contributed by atoms with Crippen LogP contribution < -0.4 is 10.5 Å². The maximum Gasteiger partial charge on any atom is 0.318 e. The van der Waals surface area contributed by atoms with Gasteiger partial charge in [0.1, 0.15) is 39.5 Å². The molecule has 0 aliphatic carbocycles. The van der Waals surface area contributed by atoms with E-state index in [1.807, 2.05) is 6.07 Å². The molecule has 0 saturated carbocycles. The molecule has 0 spiro atoms. The largest absolute Gasteiger partial charge is 0.497 e. The first-order chi connectivity index (χ1) is 12.5. The number of carbonyl (C=O) groups excluding carboxylic acids is 1. The van der Waals surface area contributed by atoms with E-state index in [2.05, 4.69) is 11.1 Å². The number of esters is 1. The fraction of sp³-hybridized carbons (Fsp3) is 0.222. The Kier molecular flexibility index (Phi) is 6.05. The maximum atomic E-state index is 11.7. The smallest absolute Gasteiger partial charge is 0.318 e. The van der Waals surface area contributed by atoms with Gasteiger partial charge in [0.2, 0.25) is 0 Å². The summed E-state index contributed by atoms with van der Waals surface area (Å²) in [5.74, 6) is 0.188. The van der Waals surface area contributed by atoms with Gasteiger partial charge in [-0.15, -0.1) is 0 Å². The van der Waals surface area contributed by atoms with Crippen molar-refractivity contribution < 1.29 is 14.3 Å². The molecule has 7 nitrogen and oxygen atoms in total. The lowest BCUT2D eigenvalue weighted by Gasteiger charge is -2.15. The van der Waals surface area contributed by atoms with Crippen molar-refractivity contribution in [1.29, 1.82) is 10.5 Å². The lowest BCUT2D eigenvalue weighted by atomic mass is 9.97. The minimum atomic E-state index is -0.587.